The second-order valence-electron chi connectivity index (χ2n) is 7.22. The lowest BCUT2D eigenvalue weighted by molar-refractivity contribution is 0.600. The van der Waals surface area contributed by atoms with Gasteiger partial charge in [-0.2, -0.15) is 0 Å². The maximum atomic E-state index is 12.3. The van der Waals surface area contributed by atoms with Crippen molar-refractivity contribution in [2.24, 2.45) is 11.1 Å². The summed E-state index contributed by atoms with van der Waals surface area (Å²) < 4.78 is 26.7. The average Bonchev–Trinajstić information content (AvgIpc) is 3.18. The number of aromatic nitrogens is 2. The van der Waals surface area contributed by atoms with Crippen LogP contribution in [0.5, 0.6) is 0 Å². The maximum Gasteiger partial charge on any atom is 0.248 e. The minimum absolute atomic E-state index is 0.240. The van der Waals surface area contributed by atoms with E-state index >= 15 is 0 Å². The highest BCUT2D eigenvalue weighted by molar-refractivity contribution is 7.91. The molecule has 28 heavy (non-hydrogen) atoms. The van der Waals surface area contributed by atoms with Gasteiger partial charge >= 0.3 is 0 Å². The average molecular weight is 438 g/mol. The number of thiophene rings is 1. The van der Waals surface area contributed by atoms with E-state index in [0.29, 0.717) is 11.2 Å². The van der Waals surface area contributed by atoms with Crippen molar-refractivity contribution in [2.45, 2.75) is 44.7 Å². The summed E-state index contributed by atoms with van der Waals surface area (Å²) in [5.41, 5.74) is 4.53. The molecule has 8 heteroatoms. The molecular weight excluding hydrogens is 414 g/mol. The predicted molar refractivity (Wildman–Crippen MR) is 116 cm³/mol. The Morgan fingerprint density at radius 1 is 1.32 bits per heavy atom. The normalized spacial score (nSPS) is 12.1. The van der Waals surface area contributed by atoms with E-state index in [1.165, 1.54) is 11.3 Å². The van der Waals surface area contributed by atoms with Crippen molar-refractivity contribution >= 4 is 33.0 Å². The summed E-state index contributed by atoms with van der Waals surface area (Å²) >= 11 is 7.44. The molecule has 2 N–H and O–H groups in total. The lowest BCUT2D eigenvalue weighted by Gasteiger charge is -2.13. The third-order valence-corrected chi connectivity index (χ3v) is 7.73. The van der Waals surface area contributed by atoms with Gasteiger partial charge in [0.15, 0.2) is 0 Å². The molecule has 0 aliphatic carbocycles. The largest absolute Gasteiger partial charge is 0.291 e. The number of primary sulfonamides is 1. The Bertz CT molecular complexity index is 1110. The van der Waals surface area contributed by atoms with Crippen LogP contribution in [0.25, 0.3) is 16.8 Å². The molecule has 2 heterocycles. The van der Waals surface area contributed by atoms with Gasteiger partial charge in [-0.3, -0.25) is 4.57 Å². The van der Waals surface area contributed by atoms with Gasteiger partial charge in [0.05, 0.1) is 0 Å². The van der Waals surface area contributed by atoms with Gasteiger partial charge in [0.25, 0.3) is 0 Å². The van der Waals surface area contributed by atoms with E-state index in [1.54, 1.807) is 17.0 Å². The van der Waals surface area contributed by atoms with Crippen LogP contribution in [0.1, 0.15) is 36.8 Å². The van der Waals surface area contributed by atoms with E-state index in [2.05, 4.69) is 18.8 Å². The quantitative estimate of drug-likeness (QED) is 0.591. The van der Waals surface area contributed by atoms with E-state index in [4.69, 9.17) is 16.7 Å². The summed E-state index contributed by atoms with van der Waals surface area (Å²) in [7, 11) is -3.82. The molecule has 0 saturated carbocycles. The first-order valence-corrected chi connectivity index (χ1v) is 11.8. The molecule has 5 nitrogen and oxygen atoms in total. The predicted octanol–water partition coefficient (Wildman–Crippen LogP) is 4.97. The second-order valence-corrected chi connectivity index (χ2v) is 10.4. The number of hydrogen-bond acceptors (Lipinski definition) is 4. The summed E-state index contributed by atoms with van der Waals surface area (Å²) in [5, 5.41) is 5.96. The number of benzene rings is 1. The van der Waals surface area contributed by atoms with Gasteiger partial charge in [0, 0.05) is 28.5 Å². The van der Waals surface area contributed by atoms with Crippen LogP contribution in [0.2, 0.25) is 5.28 Å². The van der Waals surface area contributed by atoms with Crippen molar-refractivity contribution < 1.29 is 8.42 Å². The molecule has 0 amide bonds. The molecule has 150 valence electrons. The van der Waals surface area contributed by atoms with E-state index in [1.807, 2.05) is 32.0 Å². The smallest absolute Gasteiger partial charge is 0.248 e. The summed E-state index contributed by atoms with van der Waals surface area (Å²) in [6.07, 6.45) is 5.00. The summed E-state index contributed by atoms with van der Waals surface area (Å²) in [6, 6.07) is 5.90. The van der Waals surface area contributed by atoms with Gasteiger partial charge in [-0.1, -0.05) is 26.8 Å². The highest BCUT2D eigenvalue weighted by Gasteiger charge is 2.25. The molecule has 0 atom stereocenters. The van der Waals surface area contributed by atoms with Crippen molar-refractivity contribution in [3.63, 3.8) is 0 Å². The van der Waals surface area contributed by atoms with Crippen LogP contribution in [-0.4, -0.2) is 18.0 Å². The lowest BCUT2D eigenvalue weighted by Crippen LogP contribution is -2.12. The van der Waals surface area contributed by atoms with Crippen molar-refractivity contribution in [3.05, 3.63) is 51.9 Å². The molecule has 3 rings (SSSR count). The number of aryl methyl sites for hydroxylation is 1. The zero-order valence-corrected chi connectivity index (χ0v) is 18.7. The van der Waals surface area contributed by atoms with Gasteiger partial charge < -0.3 is 0 Å². The lowest BCUT2D eigenvalue weighted by atomic mass is 9.95. The van der Waals surface area contributed by atoms with Crippen molar-refractivity contribution in [3.8, 4) is 16.8 Å². The first-order chi connectivity index (χ1) is 13.1. The van der Waals surface area contributed by atoms with Crippen LogP contribution in [0.15, 0.2) is 34.8 Å². The second kappa shape index (κ2) is 7.99. The zero-order chi connectivity index (χ0) is 20.6. The molecule has 0 radical (unpaired) electrons. The van der Waals surface area contributed by atoms with Gasteiger partial charge in [-0.25, -0.2) is 18.5 Å². The first-order valence-electron chi connectivity index (χ1n) is 9.11. The molecule has 0 spiro atoms. The summed E-state index contributed by atoms with van der Waals surface area (Å²) in [5.74, 6) is 0.426. The Morgan fingerprint density at radius 3 is 2.57 bits per heavy atom. The molecule has 2 aromatic heterocycles. The fourth-order valence-corrected chi connectivity index (χ4v) is 6.14. The molecule has 1 aromatic carbocycles. The fraction of sp³-hybridized carbons (Fsp3) is 0.350. The Balaban J connectivity index is 2.23. The molecule has 0 aliphatic rings. The SMILES string of the molecule is CCc1cc(-n2ccnc2Cl)ccc1-c1c(S(N)(=O)=O)sc(CC(C)C)c1C. The van der Waals surface area contributed by atoms with E-state index in [0.717, 1.165) is 45.7 Å². The maximum absolute atomic E-state index is 12.3. The van der Waals surface area contributed by atoms with E-state index in [9.17, 15) is 8.42 Å². The van der Waals surface area contributed by atoms with Crippen molar-refractivity contribution in [1.82, 2.24) is 9.55 Å². The van der Waals surface area contributed by atoms with Gasteiger partial charge in [0.1, 0.15) is 4.21 Å². The number of sulfonamides is 1. The Kier molecular flexibility index (Phi) is 6.00. The van der Waals surface area contributed by atoms with Crippen molar-refractivity contribution in [1.29, 1.82) is 0 Å². The van der Waals surface area contributed by atoms with Crippen LogP contribution in [-0.2, 0) is 22.9 Å². The molecular formula is C20H24ClN3O2S2. The molecule has 0 aliphatic heterocycles. The van der Waals surface area contributed by atoms with Crippen LogP contribution in [0.4, 0.5) is 0 Å². The van der Waals surface area contributed by atoms with Crippen LogP contribution in [0.3, 0.4) is 0 Å². The Morgan fingerprint density at radius 2 is 2.04 bits per heavy atom. The highest BCUT2D eigenvalue weighted by atomic mass is 35.5. The van der Waals surface area contributed by atoms with Gasteiger partial charge in [-0.15, -0.1) is 11.3 Å². The number of nitrogens with two attached hydrogens (primary N) is 1. The Labute approximate surface area is 175 Å². The molecule has 0 saturated heterocycles. The number of rotatable bonds is 6. The first kappa shape index (κ1) is 21.0. The number of imidazole rings is 1. The molecule has 0 bridgehead atoms. The number of hydrogen-bond donors (Lipinski definition) is 1. The minimum atomic E-state index is -3.82. The summed E-state index contributed by atoms with van der Waals surface area (Å²) in [4.78, 5) is 5.12. The minimum Gasteiger partial charge on any atom is -0.291 e. The monoisotopic (exact) mass is 437 g/mol. The zero-order valence-electron chi connectivity index (χ0n) is 16.4. The molecule has 3 aromatic rings. The standard InChI is InChI=1S/C20H24ClN3O2S2/c1-5-14-11-15(24-9-8-23-20(24)21)6-7-16(14)18-13(4)17(10-12(2)3)27-19(18)28(22,25)26/h6-9,11-12H,5,10H2,1-4H3,(H2,22,25,26). The summed E-state index contributed by atoms with van der Waals surface area (Å²) in [6.45, 7) is 8.27. The van der Waals surface area contributed by atoms with Crippen LogP contribution in [0, 0.1) is 12.8 Å². The highest BCUT2D eigenvalue weighted by Crippen LogP contribution is 2.41. The Hall–Kier alpha value is -1.67. The topological polar surface area (TPSA) is 78.0 Å². The number of halogens is 1. The molecule has 0 unspecified atom stereocenters. The van der Waals surface area contributed by atoms with E-state index < -0.39 is 10.0 Å². The van der Waals surface area contributed by atoms with Crippen LogP contribution < -0.4 is 5.14 Å². The van der Waals surface area contributed by atoms with Crippen molar-refractivity contribution in [2.75, 3.05) is 0 Å². The third kappa shape index (κ3) is 4.03. The fourth-order valence-electron chi connectivity index (χ4n) is 3.35. The third-order valence-electron chi connectivity index (χ3n) is 4.68. The van der Waals surface area contributed by atoms with Crippen LogP contribution >= 0.6 is 22.9 Å². The van der Waals surface area contributed by atoms with Gasteiger partial charge in [-0.05, 0) is 66.1 Å². The van der Waals surface area contributed by atoms with Gasteiger partial charge in [0.2, 0.25) is 15.3 Å². The van der Waals surface area contributed by atoms with E-state index in [-0.39, 0.29) is 4.21 Å². The number of nitrogens with zero attached hydrogens (tertiary/aromatic N) is 2. The molecule has 0 fully saturated rings.